The van der Waals surface area contributed by atoms with E-state index in [1.807, 2.05) is 0 Å². The number of carbonyl (C=O) groups is 2. The van der Waals surface area contributed by atoms with E-state index in [1.54, 1.807) is 4.90 Å². The van der Waals surface area contributed by atoms with E-state index in [2.05, 4.69) is 0 Å². The van der Waals surface area contributed by atoms with Crippen LogP contribution >= 0.6 is 12.4 Å². The van der Waals surface area contributed by atoms with E-state index in [-0.39, 0.29) is 30.8 Å². The second-order valence-electron chi connectivity index (χ2n) is 3.39. The molecule has 0 aromatic heterocycles. The zero-order valence-corrected chi connectivity index (χ0v) is 8.76. The summed E-state index contributed by atoms with van der Waals surface area (Å²) >= 11 is 0. The van der Waals surface area contributed by atoms with Crippen LogP contribution in [-0.4, -0.2) is 35.8 Å². The third-order valence-corrected chi connectivity index (χ3v) is 2.14. The average molecular weight is 222 g/mol. The summed E-state index contributed by atoms with van der Waals surface area (Å²) in [4.78, 5) is 23.4. The maximum absolute atomic E-state index is 11.3. The van der Waals surface area contributed by atoms with Crippen molar-refractivity contribution >= 4 is 24.2 Å². The van der Waals surface area contributed by atoms with E-state index in [9.17, 15) is 9.59 Å². The molecule has 1 fully saturated rings. The Hall–Kier alpha value is -0.810. The first kappa shape index (κ1) is 13.2. The van der Waals surface area contributed by atoms with E-state index in [4.69, 9.17) is 11.5 Å². The summed E-state index contributed by atoms with van der Waals surface area (Å²) in [7, 11) is 0. The molecule has 4 N–H and O–H groups in total. The lowest BCUT2D eigenvalue weighted by Gasteiger charge is -2.30. The van der Waals surface area contributed by atoms with Crippen LogP contribution in [0.1, 0.15) is 19.3 Å². The third-order valence-electron chi connectivity index (χ3n) is 2.14. The molecule has 14 heavy (non-hydrogen) atoms. The van der Waals surface area contributed by atoms with Gasteiger partial charge in [-0.2, -0.15) is 0 Å². The number of amides is 2. The van der Waals surface area contributed by atoms with Crippen LogP contribution in [0.3, 0.4) is 0 Å². The van der Waals surface area contributed by atoms with Gasteiger partial charge in [0.2, 0.25) is 11.8 Å². The monoisotopic (exact) mass is 221 g/mol. The van der Waals surface area contributed by atoms with Crippen molar-refractivity contribution in [3.05, 3.63) is 0 Å². The van der Waals surface area contributed by atoms with Crippen LogP contribution in [0.25, 0.3) is 0 Å². The van der Waals surface area contributed by atoms with Crippen LogP contribution < -0.4 is 11.5 Å². The lowest BCUT2D eigenvalue weighted by molar-refractivity contribution is -0.136. The number of piperidine rings is 1. The predicted octanol–water partition coefficient (Wildman–Crippen LogP) is -0.767. The molecule has 1 rings (SSSR count). The van der Waals surface area contributed by atoms with Crippen LogP contribution in [-0.2, 0) is 9.59 Å². The zero-order valence-electron chi connectivity index (χ0n) is 7.94. The Kier molecular flexibility index (Phi) is 5.49. The highest BCUT2D eigenvalue weighted by molar-refractivity contribution is 5.96. The fraction of sp³-hybridized carbons (Fsp3) is 0.750. The van der Waals surface area contributed by atoms with Gasteiger partial charge in [0.1, 0.15) is 6.42 Å². The van der Waals surface area contributed by atoms with Gasteiger partial charge >= 0.3 is 0 Å². The van der Waals surface area contributed by atoms with Crippen LogP contribution in [0.5, 0.6) is 0 Å². The molecule has 0 aromatic rings. The third kappa shape index (κ3) is 3.93. The number of likely N-dealkylation sites (tertiary alicyclic amines) is 1. The van der Waals surface area contributed by atoms with E-state index >= 15 is 0 Å². The van der Waals surface area contributed by atoms with Gasteiger partial charge in [-0.1, -0.05) is 0 Å². The van der Waals surface area contributed by atoms with Crippen molar-refractivity contribution in [1.82, 2.24) is 4.90 Å². The van der Waals surface area contributed by atoms with Gasteiger partial charge in [0.25, 0.3) is 0 Å². The molecule has 1 saturated heterocycles. The van der Waals surface area contributed by atoms with Gasteiger partial charge in [-0.15, -0.1) is 12.4 Å². The van der Waals surface area contributed by atoms with Crippen LogP contribution in [0.15, 0.2) is 0 Å². The van der Waals surface area contributed by atoms with Gasteiger partial charge in [-0.3, -0.25) is 9.59 Å². The van der Waals surface area contributed by atoms with Gasteiger partial charge in [0.05, 0.1) is 0 Å². The Morgan fingerprint density at radius 1 is 1.43 bits per heavy atom. The van der Waals surface area contributed by atoms with Crippen molar-refractivity contribution in [2.75, 3.05) is 13.1 Å². The van der Waals surface area contributed by atoms with Crippen LogP contribution in [0.2, 0.25) is 0 Å². The topological polar surface area (TPSA) is 89.4 Å². The van der Waals surface area contributed by atoms with E-state index in [0.29, 0.717) is 13.1 Å². The summed E-state index contributed by atoms with van der Waals surface area (Å²) in [6, 6.07) is 0.0468. The number of hydrogen-bond donors (Lipinski definition) is 2. The number of carbonyl (C=O) groups excluding carboxylic acids is 2. The van der Waals surface area contributed by atoms with Crippen LogP contribution in [0, 0.1) is 0 Å². The van der Waals surface area contributed by atoms with Crippen molar-refractivity contribution in [2.45, 2.75) is 25.3 Å². The highest BCUT2D eigenvalue weighted by atomic mass is 35.5. The maximum atomic E-state index is 11.3. The molecule has 0 aromatic carbocycles. The Morgan fingerprint density at radius 2 is 2.07 bits per heavy atom. The molecule has 6 heteroatoms. The van der Waals surface area contributed by atoms with Crippen molar-refractivity contribution < 1.29 is 9.59 Å². The fourth-order valence-corrected chi connectivity index (χ4v) is 1.50. The summed E-state index contributed by atoms with van der Waals surface area (Å²) in [5, 5.41) is 0. The number of rotatable bonds is 2. The Labute approximate surface area is 89.2 Å². The van der Waals surface area contributed by atoms with Crippen LogP contribution in [0.4, 0.5) is 0 Å². The lowest BCUT2D eigenvalue weighted by atomic mass is 10.1. The summed E-state index contributed by atoms with van der Waals surface area (Å²) in [5.74, 6) is -0.785. The van der Waals surface area contributed by atoms with Crippen molar-refractivity contribution in [3.8, 4) is 0 Å². The Balaban J connectivity index is 0.00000169. The number of primary amides is 1. The standard InChI is InChI=1S/C8H15N3O2.ClH/c9-6-2-1-3-11(5-6)8(13)4-7(10)12;/h6H,1-5,9H2,(H2,10,12);1H/t6-;/m1./s1. The number of nitrogens with two attached hydrogens (primary N) is 2. The molecule has 1 atom stereocenters. The minimum absolute atomic E-state index is 0. The molecule has 0 radical (unpaired) electrons. The Bertz CT molecular complexity index is 223. The smallest absolute Gasteiger partial charge is 0.232 e. The molecular weight excluding hydrogens is 206 g/mol. The SMILES string of the molecule is Cl.NC(=O)CC(=O)N1CCC[C@@H](N)C1. The molecule has 0 bridgehead atoms. The largest absolute Gasteiger partial charge is 0.369 e. The first-order chi connectivity index (χ1) is 6.09. The first-order valence-electron chi connectivity index (χ1n) is 4.41. The number of nitrogens with zero attached hydrogens (tertiary/aromatic N) is 1. The molecule has 82 valence electrons. The molecule has 0 saturated carbocycles. The summed E-state index contributed by atoms with van der Waals surface area (Å²) < 4.78 is 0. The average Bonchev–Trinajstić information content (AvgIpc) is 2.03. The van der Waals surface area contributed by atoms with Gasteiger partial charge in [-0.25, -0.2) is 0 Å². The number of halogens is 1. The second kappa shape index (κ2) is 5.82. The molecule has 2 amide bonds. The van der Waals surface area contributed by atoms with Gasteiger partial charge in [-0.05, 0) is 12.8 Å². The molecular formula is C8H16ClN3O2. The van der Waals surface area contributed by atoms with E-state index in [0.717, 1.165) is 12.8 Å². The summed E-state index contributed by atoms with van der Waals surface area (Å²) in [6.45, 7) is 1.24. The van der Waals surface area contributed by atoms with Crippen molar-refractivity contribution in [3.63, 3.8) is 0 Å². The summed E-state index contributed by atoms with van der Waals surface area (Å²) in [5.41, 5.74) is 10.6. The highest BCUT2D eigenvalue weighted by Gasteiger charge is 2.21. The van der Waals surface area contributed by atoms with Gasteiger partial charge in [0, 0.05) is 19.1 Å². The number of hydrogen-bond acceptors (Lipinski definition) is 3. The Morgan fingerprint density at radius 3 is 2.57 bits per heavy atom. The van der Waals surface area contributed by atoms with E-state index in [1.165, 1.54) is 0 Å². The van der Waals surface area contributed by atoms with Gasteiger partial charge in [0.15, 0.2) is 0 Å². The van der Waals surface area contributed by atoms with Gasteiger partial charge < -0.3 is 16.4 Å². The molecule has 1 aliphatic heterocycles. The first-order valence-corrected chi connectivity index (χ1v) is 4.41. The zero-order chi connectivity index (χ0) is 9.84. The minimum atomic E-state index is -0.579. The molecule has 0 unspecified atom stereocenters. The molecule has 5 nitrogen and oxygen atoms in total. The molecule has 0 spiro atoms. The second-order valence-corrected chi connectivity index (χ2v) is 3.39. The normalized spacial score (nSPS) is 21.2. The minimum Gasteiger partial charge on any atom is -0.369 e. The fourth-order valence-electron chi connectivity index (χ4n) is 1.50. The quantitative estimate of drug-likeness (QED) is 0.601. The molecule has 1 heterocycles. The van der Waals surface area contributed by atoms with E-state index < -0.39 is 5.91 Å². The highest BCUT2D eigenvalue weighted by Crippen LogP contribution is 2.08. The predicted molar refractivity (Wildman–Crippen MR) is 54.8 cm³/mol. The molecule has 0 aliphatic carbocycles. The maximum Gasteiger partial charge on any atom is 0.232 e. The van der Waals surface area contributed by atoms with Crippen molar-refractivity contribution in [2.24, 2.45) is 11.5 Å². The summed E-state index contributed by atoms with van der Waals surface area (Å²) in [6.07, 6.45) is 1.65. The molecule has 1 aliphatic rings. The van der Waals surface area contributed by atoms with Crippen molar-refractivity contribution in [1.29, 1.82) is 0 Å². The lowest BCUT2D eigenvalue weighted by Crippen LogP contribution is -2.46.